The second-order valence-corrected chi connectivity index (χ2v) is 4.72. The highest BCUT2D eigenvalue weighted by Crippen LogP contribution is 2.20. The van der Waals surface area contributed by atoms with Gasteiger partial charge >= 0.3 is 0 Å². The number of benzene rings is 2. The van der Waals surface area contributed by atoms with Crippen LogP contribution < -0.4 is 10.1 Å². The number of hydrogen-bond donors (Lipinski definition) is 2. The van der Waals surface area contributed by atoms with Crippen molar-refractivity contribution in [3.8, 4) is 5.75 Å². The van der Waals surface area contributed by atoms with Gasteiger partial charge < -0.3 is 15.2 Å². The zero-order valence-corrected chi connectivity index (χ0v) is 12.2. The van der Waals surface area contributed by atoms with E-state index in [1.165, 1.54) is 5.56 Å². The monoisotopic (exact) mass is 285 g/mol. The summed E-state index contributed by atoms with van der Waals surface area (Å²) in [6.45, 7) is 2.07. The molecule has 21 heavy (non-hydrogen) atoms. The van der Waals surface area contributed by atoms with Crippen LogP contribution in [0, 0.1) is 0 Å². The number of carbonyl (C=O) groups excluding carboxylic acids is 1. The zero-order chi connectivity index (χ0) is 15.2. The van der Waals surface area contributed by atoms with Gasteiger partial charge in [-0.25, -0.2) is 0 Å². The Morgan fingerprint density at radius 2 is 1.95 bits per heavy atom. The van der Waals surface area contributed by atoms with E-state index in [1.807, 2.05) is 24.3 Å². The van der Waals surface area contributed by atoms with Crippen molar-refractivity contribution in [1.82, 2.24) is 0 Å². The lowest BCUT2D eigenvalue weighted by Crippen LogP contribution is -2.20. The maximum atomic E-state index is 12.1. The first-order chi connectivity index (χ1) is 10.1. The largest absolute Gasteiger partial charge is 0.497 e. The second kappa shape index (κ2) is 6.90. The number of anilines is 1. The third-order valence-corrected chi connectivity index (χ3v) is 3.29. The molecular weight excluding hydrogens is 266 g/mol. The molecule has 2 aromatic carbocycles. The highest BCUT2D eigenvalue weighted by molar-refractivity contribution is 5.94. The minimum atomic E-state index is -1.23. The van der Waals surface area contributed by atoms with Gasteiger partial charge in [-0.1, -0.05) is 31.2 Å². The lowest BCUT2D eigenvalue weighted by Gasteiger charge is -2.13. The fourth-order valence-electron chi connectivity index (χ4n) is 2.00. The maximum absolute atomic E-state index is 12.1. The molecule has 0 aliphatic carbocycles. The number of carbonyl (C=O) groups is 1. The average molecular weight is 285 g/mol. The summed E-state index contributed by atoms with van der Waals surface area (Å²) in [6.07, 6.45) is -0.285. The van der Waals surface area contributed by atoms with Crippen molar-refractivity contribution in [2.75, 3.05) is 12.4 Å². The Kier molecular flexibility index (Phi) is 4.95. The Bertz CT molecular complexity index is 608. The summed E-state index contributed by atoms with van der Waals surface area (Å²) in [5.74, 6) is 0.138. The van der Waals surface area contributed by atoms with Crippen molar-refractivity contribution in [2.24, 2.45) is 0 Å². The van der Waals surface area contributed by atoms with Crippen LogP contribution in [-0.2, 0) is 11.2 Å². The molecule has 2 rings (SSSR count). The van der Waals surface area contributed by atoms with E-state index in [2.05, 4.69) is 12.2 Å². The SMILES string of the molecule is CCc1ccc(NC(=O)C(O)c2cccc(OC)c2)cc1. The van der Waals surface area contributed by atoms with Crippen LogP contribution in [0.1, 0.15) is 24.2 Å². The molecule has 0 fully saturated rings. The van der Waals surface area contributed by atoms with Crippen LogP contribution in [0.3, 0.4) is 0 Å². The van der Waals surface area contributed by atoms with E-state index in [9.17, 15) is 9.90 Å². The third kappa shape index (κ3) is 3.83. The molecule has 110 valence electrons. The lowest BCUT2D eigenvalue weighted by atomic mass is 10.1. The maximum Gasteiger partial charge on any atom is 0.257 e. The quantitative estimate of drug-likeness (QED) is 0.888. The fraction of sp³-hybridized carbons (Fsp3) is 0.235. The van der Waals surface area contributed by atoms with Gasteiger partial charge in [0.1, 0.15) is 5.75 Å². The number of aliphatic hydroxyl groups is 1. The Balaban J connectivity index is 2.07. The number of rotatable bonds is 5. The molecule has 0 saturated carbocycles. The molecule has 0 spiro atoms. The minimum Gasteiger partial charge on any atom is -0.497 e. The van der Waals surface area contributed by atoms with E-state index < -0.39 is 12.0 Å². The van der Waals surface area contributed by atoms with Crippen LogP contribution in [0.2, 0.25) is 0 Å². The van der Waals surface area contributed by atoms with Crippen LogP contribution in [-0.4, -0.2) is 18.1 Å². The second-order valence-electron chi connectivity index (χ2n) is 4.72. The summed E-state index contributed by atoms with van der Waals surface area (Å²) < 4.78 is 5.09. The van der Waals surface area contributed by atoms with Gasteiger partial charge in [-0.05, 0) is 41.8 Å². The van der Waals surface area contributed by atoms with Crippen LogP contribution in [0.25, 0.3) is 0 Å². The van der Waals surface area contributed by atoms with E-state index in [1.54, 1.807) is 31.4 Å². The Morgan fingerprint density at radius 3 is 2.57 bits per heavy atom. The van der Waals surface area contributed by atoms with Crippen molar-refractivity contribution in [3.05, 3.63) is 59.7 Å². The van der Waals surface area contributed by atoms with Gasteiger partial charge in [-0.2, -0.15) is 0 Å². The summed E-state index contributed by atoms with van der Waals surface area (Å²) in [5.41, 5.74) is 2.36. The van der Waals surface area contributed by atoms with E-state index in [0.29, 0.717) is 17.0 Å². The molecule has 1 atom stereocenters. The molecule has 0 heterocycles. The van der Waals surface area contributed by atoms with Crippen LogP contribution >= 0.6 is 0 Å². The third-order valence-electron chi connectivity index (χ3n) is 3.29. The number of aryl methyl sites for hydroxylation is 1. The number of methoxy groups -OCH3 is 1. The summed E-state index contributed by atoms with van der Waals surface area (Å²) in [6, 6.07) is 14.4. The summed E-state index contributed by atoms with van der Waals surface area (Å²) >= 11 is 0. The number of amides is 1. The molecule has 1 unspecified atom stereocenters. The van der Waals surface area contributed by atoms with Gasteiger partial charge in [-0.3, -0.25) is 4.79 Å². The predicted molar refractivity (Wildman–Crippen MR) is 82.4 cm³/mol. The molecule has 2 N–H and O–H groups in total. The summed E-state index contributed by atoms with van der Waals surface area (Å²) in [4.78, 5) is 12.1. The predicted octanol–water partition coefficient (Wildman–Crippen LogP) is 2.93. The van der Waals surface area contributed by atoms with E-state index >= 15 is 0 Å². The van der Waals surface area contributed by atoms with E-state index in [0.717, 1.165) is 6.42 Å². The number of hydrogen-bond acceptors (Lipinski definition) is 3. The fourth-order valence-corrected chi connectivity index (χ4v) is 2.00. The molecule has 0 aliphatic rings. The molecule has 0 saturated heterocycles. The normalized spacial score (nSPS) is 11.8. The molecule has 4 heteroatoms. The molecular formula is C17H19NO3. The van der Waals surface area contributed by atoms with Gasteiger partial charge in [0, 0.05) is 5.69 Å². The molecule has 2 aromatic rings. The highest BCUT2D eigenvalue weighted by atomic mass is 16.5. The van der Waals surface area contributed by atoms with Gasteiger partial charge in [0.15, 0.2) is 6.10 Å². The van der Waals surface area contributed by atoms with Crippen molar-refractivity contribution >= 4 is 11.6 Å². The smallest absolute Gasteiger partial charge is 0.257 e. The van der Waals surface area contributed by atoms with E-state index in [-0.39, 0.29) is 0 Å². The number of ether oxygens (including phenoxy) is 1. The van der Waals surface area contributed by atoms with Crippen LogP contribution in [0.4, 0.5) is 5.69 Å². The first kappa shape index (κ1) is 15.1. The molecule has 0 aliphatic heterocycles. The molecule has 1 amide bonds. The minimum absolute atomic E-state index is 0.465. The van der Waals surface area contributed by atoms with Crippen molar-refractivity contribution in [3.63, 3.8) is 0 Å². The zero-order valence-electron chi connectivity index (χ0n) is 12.2. The molecule has 0 bridgehead atoms. The molecule has 0 radical (unpaired) electrons. The Labute approximate surface area is 124 Å². The standard InChI is InChI=1S/C17H19NO3/c1-3-12-7-9-14(10-8-12)18-17(20)16(19)13-5-4-6-15(11-13)21-2/h4-11,16,19H,3H2,1-2H3,(H,18,20). The first-order valence-corrected chi connectivity index (χ1v) is 6.86. The number of aliphatic hydroxyl groups excluding tert-OH is 1. The summed E-state index contributed by atoms with van der Waals surface area (Å²) in [5, 5.41) is 12.8. The van der Waals surface area contributed by atoms with Gasteiger partial charge in [0.05, 0.1) is 7.11 Å². The molecule has 4 nitrogen and oxygen atoms in total. The topological polar surface area (TPSA) is 58.6 Å². The average Bonchev–Trinajstić information content (AvgIpc) is 2.54. The van der Waals surface area contributed by atoms with Crippen molar-refractivity contribution in [2.45, 2.75) is 19.4 Å². The lowest BCUT2D eigenvalue weighted by molar-refractivity contribution is -0.124. The van der Waals surface area contributed by atoms with Gasteiger partial charge in [0.2, 0.25) is 0 Å². The highest BCUT2D eigenvalue weighted by Gasteiger charge is 2.17. The first-order valence-electron chi connectivity index (χ1n) is 6.86. The van der Waals surface area contributed by atoms with Crippen molar-refractivity contribution < 1.29 is 14.6 Å². The van der Waals surface area contributed by atoms with Crippen LogP contribution in [0.15, 0.2) is 48.5 Å². The van der Waals surface area contributed by atoms with Crippen LogP contribution in [0.5, 0.6) is 5.75 Å². The van der Waals surface area contributed by atoms with Gasteiger partial charge in [0.25, 0.3) is 5.91 Å². The van der Waals surface area contributed by atoms with Crippen molar-refractivity contribution in [1.29, 1.82) is 0 Å². The Hall–Kier alpha value is -2.33. The summed E-state index contributed by atoms with van der Waals surface area (Å²) in [7, 11) is 1.54. The molecule has 0 aromatic heterocycles. The van der Waals surface area contributed by atoms with E-state index in [4.69, 9.17) is 4.74 Å². The Morgan fingerprint density at radius 1 is 1.24 bits per heavy atom. The van der Waals surface area contributed by atoms with Gasteiger partial charge in [-0.15, -0.1) is 0 Å². The number of nitrogens with one attached hydrogen (secondary N) is 1.